The van der Waals surface area contributed by atoms with E-state index in [4.69, 9.17) is 34.2 Å². The normalized spacial score (nSPS) is 12.9. The first kappa shape index (κ1) is 40.5. The average molecular weight is 719 g/mol. The van der Waals surface area contributed by atoms with Crippen LogP contribution in [0.5, 0.6) is 5.75 Å². The second kappa shape index (κ2) is 24.1. The first-order valence-electron chi connectivity index (χ1n) is 18.3. The van der Waals surface area contributed by atoms with Gasteiger partial charge in [-0.1, -0.05) is 47.6 Å². The Morgan fingerprint density at radius 2 is 1.63 bits per heavy atom. The fraction of sp³-hybridized carbons (Fsp3) is 0.538. The van der Waals surface area contributed by atoms with Crippen LogP contribution in [0.2, 0.25) is 0 Å². The highest BCUT2D eigenvalue weighted by atomic mass is 16.6. The van der Waals surface area contributed by atoms with Crippen molar-refractivity contribution in [2.45, 2.75) is 44.4 Å². The van der Waals surface area contributed by atoms with Crippen LogP contribution >= 0.6 is 0 Å². The largest absolute Gasteiger partial charge is 0.491 e. The number of pyridine rings is 1. The fourth-order valence-electron chi connectivity index (χ4n) is 6.01. The van der Waals surface area contributed by atoms with Crippen LogP contribution in [0, 0.1) is 0 Å². The number of benzene rings is 2. The molecule has 2 aromatic carbocycles. The van der Waals surface area contributed by atoms with E-state index in [1.54, 1.807) is 0 Å². The van der Waals surface area contributed by atoms with Crippen molar-refractivity contribution in [1.29, 1.82) is 0 Å². The summed E-state index contributed by atoms with van der Waals surface area (Å²) in [4.78, 5) is 21.6. The molecule has 0 radical (unpaired) electrons. The number of hydrogen-bond donors (Lipinski definition) is 2. The van der Waals surface area contributed by atoms with Crippen LogP contribution in [-0.2, 0) is 36.6 Å². The lowest BCUT2D eigenvalue weighted by molar-refractivity contribution is -0.137. The molecule has 0 spiro atoms. The summed E-state index contributed by atoms with van der Waals surface area (Å²) in [5, 5.41) is 16.5. The van der Waals surface area contributed by atoms with Gasteiger partial charge in [0.15, 0.2) is 0 Å². The Morgan fingerprint density at radius 3 is 2.35 bits per heavy atom. The third-order valence-corrected chi connectivity index (χ3v) is 8.68. The summed E-state index contributed by atoms with van der Waals surface area (Å²) in [7, 11) is 2.08. The van der Waals surface area contributed by atoms with Crippen LogP contribution in [0.25, 0.3) is 21.6 Å². The number of rotatable bonds is 27. The quantitative estimate of drug-likeness (QED) is 0.0392. The number of carboxylic acids is 1. The van der Waals surface area contributed by atoms with Crippen LogP contribution in [-0.4, -0.2) is 114 Å². The van der Waals surface area contributed by atoms with Crippen LogP contribution < -0.4 is 10.1 Å². The van der Waals surface area contributed by atoms with Crippen molar-refractivity contribution in [1.82, 2.24) is 9.88 Å². The molecule has 0 amide bonds. The second-order valence-electron chi connectivity index (χ2n) is 12.8. The average Bonchev–Trinajstić information content (AvgIpc) is 3.16. The summed E-state index contributed by atoms with van der Waals surface area (Å²) < 4.78 is 27.6. The van der Waals surface area contributed by atoms with Crippen molar-refractivity contribution >= 4 is 11.8 Å². The Labute approximate surface area is 307 Å². The number of anilines is 1. The molecule has 13 nitrogen and oxygen atoms in total. The smallest absolute Gasteiger partial charge is 0.304 e. The highest BCUT2D eigenvalue weighted by Crippen LogP contribution is 2.28. The summed E-state index contributed by atoms with van der Waals surface area (Å²) in [6, 6.07) is 20.5. The maximum atomic E-state index is 11.9. The Bertz CT molecular complexity index is 1520. The molecular formula is C39H54N6O7. The molecule has 3 aromatic rings. The maximum Gasteiger partial charge on any atom is 0.304 e. The zero-order valence-corrected chi connectivity index (χ0v) is 30.4. The van der Waals surface area contributed by atoms with Gasteiger partial charge in [0.05, 0.1) is 59.3 Å². The molecule has 13 heteroatoms. The third kappa shape index (κ3) is 15.6. The molecule has 52 heavy (non-hydrogen) atoms. The molecule has 1 aliphatic rings. The van der Waals surface area contributed by atoms with Crippen LogP contribution in [0.15, 0.2) is 65.8 Å². The van der Waals surface area contributed by atoms with Gasteiger partial charge in [-0.2, -0.15) is 0 Å². The number of carbonyl (C=O) groups is 1. The van der Waals surface area contributed by atoms with E-state index in [9.17, 15) is 9.90 Å². The summed E-state index contributed by atoms with van der Waals surface area (Å²) in [5.41, 5.74) is 13.7. The van der Waals surface area contributed by atoms with Gasteiger partial charge < -0.3 is 39.0 Å². The van der Waals surface area contributed by atoms with E-state index in [1.165, 1.54) is 5.56 Å². The molecule has 282 valence electrons. The number of carboxylic acid groups (broad SMARTS) is 1. The number of unbranched alkanes of at least 4 members (excludes halogenated alkanes) is 1. The number of nitrogens with zero attached hydrogens (tertiary/aromatic N) is 5. The molecule has 0 saturated heterocycles. The molecule has 2 heterocycles. The Kier molecular flexibility index (Phi) is 18.8. The molecule has 0 bridgehead atoms. The van der Waals surface area contributed by atoms with Gasteiger partial charge >= 0.3 is 5.97 Å². The monoisotopic (exact) mass is 718 g/mol. The van der Waals surface area contributed by atoms with Gasteiger partial charge in [-0.15, -0.1) is 0 Å². The molecule has 0 aliphatic carbocycles. The number of aryl methyl sites for hydroxylation is 2. The SMILES string of the molecule is CN(CCCCc1ccc2c(n1)NCCC2)C[C@@H](CC(=O)O)c1cccc(-c2ccc(OCCOCCOCCOCCOCCN=[N+]=[N-])cc2)c1. The van der Waals surface area contributed by atoms with E-state index in [-0.39, 0.29) is 12.3 Å². The zero-order chi connectivity index (χ0) is 36.6. The number of aliphatic carboxylic acids is 1. The van der Waals surface area contributed by atoms with Gasteiger partial charge in [0.1, 0.15) is 18.2 Å². The lowest BCUT2D eigenvalue weighted by Crippen LogP contribution is -2.27. The van der Waals surface area contributed by atoms with E-state index < -0.39 is 5.97 Å². The van der Waals surface area contributed by atoms with Crippen molar-refractivity contribution in [3.05, 3.63) is 87.9 Å². The fourth-order valence-corrected chi connectivity index (χ4v) is 6.01. The molecule has 0 unspecified atom stereocenters. The number of azide groups is 1. The Morgan fingerprint density at radius 1 is 0.923 bits per heavy atom. The molecule has 2 N–H and O–H groups in total. The van der Waals surface area contributed by atoms with Crippen molar-refractivity contribution in [2.24, 2.45) is 5.11 Å². The zero-order valence-electron chi connectivity index (χ0n) is 30.4. The number of hydrogen-bond acceptors (Lipinski definition) is 10. The Hall–Kier alpha value is -4.23. The van der Waals surface area contributed by atoms with Gasteiger partial charge in [-0.3, -0.25) is 4.79 Å². The predicted octanol–water partition coefficient (Wildman–Crippen LogP) is 6.38. The van der Waals surface area contributed by atoms with E-state index in [0.717, 1.165) is 79.1 Å². The first-order valence-corrected chi connectivity index (χ1v) is 18.3. The highest BCUT2D eigenvalue weighted by Gasteiger charge is 2.19. The highest BCUT2D eigenvalue weighted by molar-refractivity contribution is 5.69. The van der Waals surface area contributed by atoms with E-state index in [2.05, 4.69) is 51.6 Å². The van der Waals surface area contributed by atoms with Crippen molar-refractivity contribution in [2.75, 3.05) is 98.0 Å². The third-order valence-electron chi connectivity index (χ3n) is 8.68. The molecule has 0 saturated carbocycles. The van der Waals surface area contributed by atoms with Crippen LogP contribution in [0.4, 0.5) is 5.82 Å². The van der Waals surface area contributed by atoms with Crippen molar-refractivity contribution in [3.63, 3.8) is 0 Å². The molecular weight excluding hydrogens is 664 g/mol. The number of ether oxygens (including phenoxy) is 5. The van der Waals surface area contributed by atoms with Gasteiger partial charge in [-0.05, 0) is 91.7 Å². The van der Waals surface area contributed by atoms with E-state index >= 15 is 0 Å². The van der Waals surface area contributed by atoms with Gasteiger partial charge in [-0.25, -0.2) is 4.98 Å². The molecule has 1 aliphatic heterocycles. The summed E-state index contributed by atoms with van der Waals surface area (Å²) >= 11 is 0. The van der Waals surface area contributed by atoms with Crippen molar-refractivity contribution in [3.8, 4) is 16.9 Å². The Balaban J connectivity index is 1.12. The van der Waals surface area contributed by atoms with E-state index in [0.29, 0.717) is 72.6 Å². The molecule has 0 fully saturated rings. The van der Waals surface area contributed by atoms with Crippen molar-refractivity contribution < 1.29 is 33.6 Å². The standard InChI is InChI=1S/C39H54N6O7/c1-45(18-3-2-9-36-13-10-32-8-5-16-41-39(32)43-36)30-35(29-38(46)47)34-7-4-6-33(28-34)31-11-14-37(15-12-31)52-27-26-51-25-24-50-23-22-49-21-20-48-19-17-42-44-40/h4,6-7,10-15,28,35H,2-3,5,8-9,16-27,29-30H2,1H3,(H,41,43)(H,46,47)/t35-/m1/s1. The van der Waals surface area contributed by atoms with Crippen LogP contribution in [0.1, 0.15) is 48.4 Å². The summed E-state index contributed by atoms with van der Waals surface area (Å²) in [6.45, 7) is 6.91. The lowest BCUT2D eigenvalue weighted by atomic mass is 9.92. The minimum Gasteiger partial charge on any atom is -0.491 e. The molecule has 1 atom stereocenters. The minimum atomic E-state index is -0.793. The van der Waals surface area contributed by atoms with Crippen LogP contribution in [0.3, 0.4) is 0 Å². The number of likely N-dealkylation sites (N-methyl/N-ethyl adjacent to an activating group) is 1. The first-order chi connectivity index (χ1) is 25.5. The van der Waals surface area contributed by atoms with Gasteiger partial charge in [0.2, 0.25) is 0 Å². The summed E-state index contributed by atoms with van der Waals surface area (Å²) in [6.07, 6.45) is 5.34. The number of fused-ring (bicyclic) bond motifs is 1. The number of nitrogens with one attached hydrogen (secondary N) is 1. The van der Waals surface area contributed by atoms with Gasteiger partial charge in [0, 0.05) is 36.2 Å². The second-order valence-corrected chi connectivity index (χ2v) is 12.8. The molecule has 4 rings (SSSR count). The van der Waals surface area contributed by atoms with Gasteiger partial charge in [0.25, 0.3) is 0 Å². The number of aromatic nitrogens is 1. The maximum absolute atomic E-state index is 11.9. The molecule has 1 aromatic heterocycles. The predicted molar refractivity (Wildman–Crippen MR) is 201 cm³/mol. The lowest BCUT2D eigenvalue weighted by Gasteiger charge is -2.24. The summed E-state index contributed by atoms with van der Waals surface area (Å²) in [5.74, 6) is 0.885. The minimum absolute atomic E-state index is 0.0776. The topological polar surface area (TPSA) is 160 Å². The van der Waals surface area contributed by atoms with E-state index in [1.807, 2.05) is 36.4 Å².